The Kier molecular flexibility index (Phi) is 6.41. The van der Waals surface area contributed by atoms with Gasteiger partial charge in [-0.15, -0.1) is 0 Å². The summed E-state index contributed by atoms with van der Waals surface area (Å²) in [6.07, 6.45) is 2.81. The van der Waals surface area contributed by atoms with Crippen molar-refractivity contribution in [3.05, 3.63) is 63.3 Å². The minimum Gasteiger partial charge on any atom is -0.378 e. The highest BCUT2D eigenvalue weighted by Gasteiger charge is 2.18. The zero-order valence-corrected chi connectivity index (χ0v) is 18.6. The van der Waals surface area contributed by atoms with Crippen LogP contribution in [0.2, 0.25) is 10.0 Å². The number of morpholine rings is 1. The molecule has 1 aromatic carbocycles. The maximum Gasteiger partial charge on any atom is 0.245 e. The molecule has 0 aliphatic carbocycles. The van der Waals surface area contributed by atoms with Gasteiger partial charge in [-0.25, -0.2) is 14.8 Å². The zero-order chi connectivity index (χ0) is 22.0. The van der Waals surface area contributed by atoms with E-state index in [1.165, 1.54) is 0 Å². The van der Waals surface area contributed by atoms with E-state index in [1.807, 2.05) is 35.4 Å². The van der Waals surface area contributed by atoms with Crippen LogP contribution in [0.5, 0.6) is 0 Å². The van der Waals surface area contributed by atoms with Gasteiger partial charge >= 0.3 is 0 Å². The second kappa shape index (κ2) is 9.21. The van der Waals surface area contributed by atoms with Crippen molar-refractivity contribution >= 4 is 41.2 Å². The molecule has 10 heteroatoms. The molecule has 0 atom stereocenters. The summed E-state index contributed by atoms with van der Waals surface area (Å²) in [5.41, 5.74) is 6.47. The van der Waals surface area contributed by atoms with E-state index in [0.29, 0.717) is 36.3 Å². The second-order valence-electron chi connectivity index (χ2n) is 7.09. The van der Waals surface area contributed by atoms with E-state index in [-0.39, 0.29) is 11.8 Å². The lowest BCUT2D eigenvalue weighted by Crippen LogP contribution is -2.37. The number of hydrazone groups is 1. The number of hydrogen-bond acceptors (Lipinski definition) is 6. The molecule has 1 aliphatic heterocycles. The molecule has 1 fully saturated rings. The van der Waals surface area contributed by atoms with Crippen molar-refractivity contribution in [3.8, 4) is 5.69 Å². The molecule has 0 unspecified atom stereocenters. The standard InChI is InChI=1S/C21H21Cl2FN6O/c1-13-9-15(14(2)30(13)19-4-3-16(22)10-17(19)23)11-26-28-21-25-12-18(24)20(27-21)29-5-7-31-8-6-29/h3-4,9-12H,5-8H2,1-2H3,(H,25,27,28)/b26-11+. The van der Waals surface area contributed by atoms with Gasteiger partial charge in [0, 0.05) is 35.1 Å². The molecule has 3 heterocycles. The molecule has 1 saturated heterocycles. The first-order valence-corrected chi connectivity index (χ1v) is 10.5. The highest BCUT2D eigenvalue weighted by Crippen LogP contribution is 2.28. The third-order valence-electron chi connectivity index (χ3n) is 5.03. The van der Waals surface area contributed by atoms with Crippen LogP contribution in [0.4, 0.5) is 16.2 Å². The van der Waals surface area contributed by atoms with Gasteiger partial charge in [0.15, 0.2) is 11.6 Å². The first kappa shape index (κ1) is 21.5. The monoisotopic (exact) mass is 462 g/mol. The number of aryl methyl sites for hydroxylation is 1. The Morgan fingerprint density at radius 1 is 1.19 bits per heavy atom. The molecule has 4 rings (SSSR count). The summed E-state index contributed by atoms with van der Waals surface area (Å²) in [5, 5.41) is 5.38. The van der Waals surface area contributed by atoms with Crippen LogP contribution in [-0.4, -0.2) is 47.1 Å². The number of aromatic nitrogens is 3. The summed E-state index contributed by atoms with van der Waals surface area (Å²) >= 11 is 12.4. The molecular weight excluding hydrogens is 442 g/mol. The summed E-state index contributed by atoms with van der Waals surface area (Å²) in [4.78, 5) is 10.1. The van der Waals surface area contributed by atoms with Gasteiger partial charge in [0.05, 0.1) is 36.3 Å². The highest BCUT2D eigenvalue weighted by atomic mass is 35.5. The van der Waals surface area contributed by atoms with Crippen LogP contribution in [-0.2, 0) is 4.74 Å². The van der Waals surface area contributed by atoms with Crippen molar-refractivity contribution in [1.29, 1.82) is 0 Å². The molecule has 0 saturated carbocycles. The van der Waals surface area contributed by atoms with Crippen LogP contribution >= 0.6 is 23.2 Å². The van der Waals surface area contributed by atoms with E-state index < -0.39 is 5.82 Å². The van der Waals surface area contributed by atoms with Crippen molar-refractivity contribution in [1.82, 2.24) is 14.5 Å². The number of hydrogen-bond donors (Lipinski definition) is 1. The van der Waals surface area contributed by atoms with Crippen LogP contribution in [0.3, 0.4) is 0 Å². The quantitative estimate of drug-likeness (QED) is 0.442. The molecule has 0 amide bonds. The van der Waals surface area contributed by atoms with Gasteiger partial charge in [-0.2, -0.15) is 10.1 Å². The highest BCUT2D eigenvalue weighted by molar-refractivity contribution is 6.35. The summed E-state index contributed by atoms with van der Waals surface area (Å²) in [7, 11) is 0. The van der Waals surface area contributed by atoms with Crippen molar-refractivity contribution < 1.29 is 9.13 Å². The molecule has 3 aromatic rings. The first-order chi connectivity index (χ1) is 14.9. The number of ether oxygens (including phenoxy) is 1. The van der Waals surface area contributed by atoms with Gasteiger partial charge in [-0.3, -0.25) is 0 Å². The lowest BCUT2D eigenvalue weighted by atomic mass is 10.2. The first-order valence-electron chi connectivity index (χ1n) is 9.72. The molecule has 0 spiro atoms. The van der Waals surface area contributed by atoms with Crippen molar-refractivity contribution in [2.24, 2.45) is 5.10 Å². The molecule has 7 nitrogen and oxygen atoms in total. The maximum atomic E-state index is 14.2. The average Bonchev–Trinajstić information content (AvgIpc) is 3.03. The molecule has 31 heavy (non-hydrogen) atoms. The second-order valence-corrected chi connectivity index (χ2v) is 7.94. The SMILES string of the molecule is Cc1cc(/C=N/Nc2ncc(F)c(N3CCOCC3)n2)c(C)n1-c1ccc(Cl)cc1Cl. The minimum atomic E-state index is -0.472. The molecule has 1 aliphatic rings. The van der Waals surface area contributed by atoms with Crippen LogP contribution in [0.25, 0.3) is 5.69 Å². The fraction of sp³-hybridized carbons (Fsp3) is 0.286. The largest absolute Gasteiger partial charge is 0.378 e. The molecule has 162 valence electrons. The number of anilines is 2. The van der Waals surface area contributed by atoms with Gasteiger partial charge in [0.2, 0.25) is 5.95 Å². The number of nitrogens with one attached hydrogen (secondary N) is 1. The number of benzene rings is 1. The molecular formula is C21H21Cl2FN6O. The summed E-state index contributed by atoms with van der Waals surface area (Å²) in [5.74, 6) is -0.0138. The maximum absolute atomic E-state index is 14.2. The van der Waals surface area contributed by atoms with E-state index in [4.69, 9.17) is 27.9 Å². The van der Waals surface area contributed by atoms with Crippen LogP contribution in [0, 0.1) is 19.7 Å². The Balaban J connectivity index is 1.53. The van der Waals surface area contributed by atoms with Crippen molar-refractivity contribution in [2.45, 2.75) is 13.8 Å². The van der Waals surface area contributed by atoms with Gasteiger partial charge in [-0.1, -0.05) is 23.2 Å². The van der Waals surface area contributed by atoms with E-state index in [0.717, 1.165) is 28.8 Å². The summed E-state index contributed by atoms with van der Waals surface area (Å²) in [6, 6.07) is 7.39. The Bertz CT molecular complexity index is 1130. The van der Waals surface area contributed by atoms with Crippen LogP contribution in [0.1, 0.15) is 17.0 Å². The number of halogens is 3. The Hall–Kier alpha value is -2.68. The average molecular weight is 463 g/mol. The predicted molar refractivity (Wildman–Crippen MR) is 122 cm³/mol. The van der Waals surface area contributed by atoms with Crippen LogP contribution < -0.4 is 10.3 Å². The Morgan fingerprint density at radius 2 is 1.97 bits per heavy atom. The predicted octanol–water partition coefficient (Wildman–Crippen LogP) is 4.61. The van der Waals surface area contributed by atoms with E-state index in [1.54, 1.807) is 18.3 Å². The molecule has 0 radical (unpaired) electrons. The molecule has 1 N–H and O–H groups in total. The normalized spacial score (nSPS) is 14.4. The summed E-state index contributed by atoms with van der Waals surface area (Å²) < 4.78 is 21.5. The number of nitrogens with zero attached hydrogens (tertiary/aromatic N) is 5. The fourth-order valence-electron chi connectivity index (χ4n) is 3.52. The Labute approximate surface area is 189 Å². The van der Waals surface area contributed by atoms with E-state index >= 15 is 0 Å². The smallest absolute Gasteiger partial charge is 0.245 e. The number of rotatable bonds is 5. The third kappa shape index (κ3) is 4.66. The zero-order valence-electron chi connectivity index (χ0n) is 17.1. The fourth-order valence-corrected chi connectivity index (χ4v) is 4.01. The topological polar surface area (TPSA) is 67.6 Å². The third-order valence-corrected chi connectivity index (χ3v) is 5.56. The lowest BCUT2D eigenvalue weighted by molar-refractivity contribution is 0.122. The van der Waals surface area contributed by atoms with Gasteiger partial charge in [-0.05, 0) is 38.1 Å². The van der Waals surface area contributed by atoms with E-state index in [2.05, 4.69) is 20.5 Å². The molecule has 0 bridgehead atoms. The van der Waals surface area contributed by atoms with Crippen LogP contribution in [0.15, 0.2) is 35.6 Å². The van der Waals surface area contributed by atoms with Crippen molar-refractivity contribution in [3.63, 3.8) is 0 Å². The van der Waals surface area contributed by atoms with Gasteiger partial charge in [0.1, 0.15) is 0 Å². The Morgan fingerprint density at radius 3 is 2.71 bits per heavy atom. The van der Waals surface area contributed by atoms with Crippen molar-refractivity contribution in [2.75, 3.05) is 36.6 Å². The summed E-state index contributed by atoms with van der Waals surface area (Å²) in [6.45, 7) is 6.20. The van der Waals surface area contributed by atoms with Gasteiger partial charge < -0.3 is 14.2 Å². The molecule has 2 aromatic heterocycles. The van der Waals surface area contributed by atoms with Gasteiger partial charge in [0.25, 0.3) is 0 Å². The lowest BCUT2D eigenvalue weighted by Gasteiger charge is -2.27. The van der Waals surface area contributed by atoms with E-state index in [9.17, 15) is 4.39 Å². The minimum absolute atomic E-state index is 0.216.